The number of imide groups is 1. The van der Waals surface area contributed by atoms with Crippen LogP contribution in [0.25, 0.3) is 0 Å². The van der Waals surface area contributed by atoms with Crippen molar-refractivity contribution in [3.8, 4) is 0 Å². The van der Waals surface area contributed by atoms with Crippen molar-refractivity contribution in [3.63, 3.8) is 0 Å². The van der Waals surface area contributed by atoms with Crippen LogP contribution in [-0.2, 0) is 9.53 Å². The number of carbonyl (C=O) groups excluding carboxylic acids is 2. The van der Waals surface area contributed by atoms with Crippen molar-refractivity contribution in [3.05, 3.63) is 0 Å². The van der Waals surface area contributed by atoms with Gasteiger partial charge in [0.1, 0.15) is 11.7 Å². The first kappa shape index (κ1) is 11.9. The highest BCUT2D eigenvalue weighted by atomic mass is 16.6. The summed E-state index contributed by atoms with van der Waals surface area (Å²) >= 11 is 0. The Kier molecular flexibility index (Phi) is 3.01. The van der Waals surface area contributed by atoms with Crippen LogP contribution in [0.2, 0.25) is 0 Å². The van der Waals surface area contributed by atoms with Crippen LogP contribution in [0.15, 0.2) is 0 Å². The lowest BCUT2D eigenvalue weighted by Crippen LogP contribution is -2.39. The molecular weight excluding hydrogens is 202 g/mol. The fourth-order valence-electron chi connectivity index (χ4n) is 1.18. The number of aliphatic hydroxyl groups is 2. The highest BCUT2D eigenvalue weighted by Gasteiger charge is 2.42. The van der Waals surface area contributed by atoms with E-state index in [9.17, 15) is 9.59 Å². The molecule has 15 heavy (non-hydrogen) atoms. The Morgan fingerprint density at radius 3 is 2.33 bits per heavy atom. The monoisotopic (exact) mass is 217 g/mol. The van der Waals surface area contributed by atoms with Gasteiger partial charge in [-0.1, -0.05) is 0 Å². The molecule has 0 unspecified atom stereocenters. The van der Waals surface area contributed by atoms with Gasteiger partial charge in [-0.15, -0.1) is 0 Å². The largest absolute Gasteiger partial charge is 0.443 e. The predicted octanol–water partition coefficient (Wildman–Crippen LogP) is -0.514. The lowest BCUT2D eigenvalue weighted by molar-refractivity contribution is -0.135. The molecule has 0 saturated carbocycles. The van der Waals surface area contributed by atoms with E-state index in [1.54, 1.807) is 20.8 Å². The molecule has 0 aromatic heterocycles. The smallest absolute Gasteiger partial charge is 0.417 e. The molecule has 1 aliphatic rings. The molecule has 1 heterocycles. The molecule has 2 atom stereocenters. The van der Waals surface area contributed by atoms with Crippen LogP contribution < -0.4 is 0 Å². The fourth-order valence-corrected chi connectivity index (χ4v) is 1.18. The summed E-state index contributed by atoms with van der Waals surface area (Å²) in [6.07, 6.45) is -3.61. The van der Waals surface area contributed by atoms with E-state index in [1.807, 2.05) is 0 Å². The number of nitrogens with zero attached hydrogens (tertiary/aromatic N) is 1. The highest BCUT2D eigenvalue weighted by Crippen LogP contribution is 2.16. The molecule has 6 heteroatoms. The zero-order valence-electron chi connectivity index (χ0n) is 8.93. The van der Waals surface area contributed by atoms with E-state index < -0.39 is 29.8 Å². The number of β-amino-alcohol motifs (C(OH)–C–C–N with tert-alkyl or cyclic N) is 1. The third-order valence-corrected chi connectivity index (χ3v) is 1.87. The summed E-state index contributed by atoms with van der Waals surface area (Å²) in [5.74, 6) is -0.822. The average Bonchev–Trinajstić information content (AvgIpc) is 2.30. The number of ether oxygens (including phenoxy) is 1. The van der Waals surface area contributed by atoms with Crippen molar-refractivity contribution in [2.24, 2.45) is 0 Å². The first-order chi connectivity index (χ1) is 6.72. The molecule has 1 aliphatic heterocycles. The molecule has 86 valence electrons. The number of carbonyl (C=O) groups is 2. The zero-order valence-corrected chi connectivity index (χ0v) is 8.93. The number of likely N-dealkylation sites (tertiary alicyclic amines) is 1. The minimum absolute atomic E-state index is 0.227. The van der Waals surface area contributed by atoms with Gasteiger partial charge < -0.3 is 14.9 Å². The van der Waals surface area contributed by atoms with Gasteiger partial charge in [-0.25, -0.2) is 9.69 Å². The Bertz CT molecular complexity index is 283. The Balaban J connectivity index is 2.67. The summed E-state index contributed by atoms with van der Waals surface area (Å²) in [5, 5.41) is 18.3. The number of hydrogen-bond acceptors (Lipinski definition) is 5. The Hall–Kier alpha value is -1.14. The van der Waals surface area contributed by atoms with Crippen molar-refractivity contribution in [2.75, 3.05) is 6.54 Å². The number of hydrogen-bond donors (Lipinski definition) is 2. The van der Waals surface area contributed by atoms with Crippen molar-refractivity contribution in [1.29, 1.82) is 0 Å². The maximum absolute atomic E-state index is 11.4. The van der Waals surface area contributed by atoms with Crippen molar-refractivity contribution >= 4 is 12.0 Å². The number of rotatable bonds is 0. The minimum Gasteiger partial charge on any atom is -0.443 e. The molecule has 1 saturated heterocycles. The number of amides is 2. The maximum atomic E-state index is 11.4. The topological polar surface area (TPSA) is 87.1 Å². The molecule has 0 aliphatic carbocycles. The molecule has 0 bridgehead atoms. The third kappa shape index (κ3) is 2.66. The van der Waals surface area contributed by atoms with Gasteiger partial charge in [0.25, 0.3) is 5.91 Å². The van der Waals surface area contributed by atoms with Crippen LogP contribution in [-0.4, -0.2) is 51.5 Å². The van der Waals surface area contributed by atoms with Crippen LogP contribution >= 0.6 is 0 Å². The second-order valence-corrected chi connectivity index (χ2v) is 4.44. The molecule has 1 fully saturated rings. The summed E-state index contributed by atoms with van der Waals surface area (Å²) in [4.78, 5) is 23.4. The molecule has 0 aromatic carbocycles. The SMILES string of the molecule is CC(C)(C)OC(=O)N1C[C@H](O)[C@@H](O)C1=O. The van der Waals surface area contributed by atoms with Crippen LogP contribution in [0.3, 0.4) is 0 Å². The van der Waals surface area contributed by atoms with Gasteiger partial charge in [0.15, 0.2) is 6.10 Å². The first-order valence-corrected chi connectivity index (χ1v) is 4.63. The van der Waals surface area contributed by atoms with E-state index in [0.717, 1.165) is 0 Å². The van der Waals surface area contributed by atoms with Gasteiger partial charge in [-0.3, -0.25) is 4.79 Å². The van der Waals surface area contributed by atoms with Crippen LogP contribution in [0.5, 0.6) is 0 Å². The van der Waals surface area contributed by atoms with Crippen molar-refractivity contribution in [1.82, 2.24) is 4.90 Å². The summed E-state index contributed by atoms with van der Waals surface area (Å²) in [6.45, 7) is 4.77. The van der Waals surface area contributed by atoms with E-state index in [2.05, 4.69) is 0 Å². The van der Waals surface area contributed by atoms with Gasteiger partial charge in [-0.05, 0) is 20.8 Å². The van der Waals surface area contributed by atoms with E-state index in [-0.39, 0.29) is 6.54 Å². The minimum atomic E-state index is -1.53. The molecule has 2 N–H and O–H groups in total. The highest BCUT2D eigenvalue weighted by molar-refractivity contribution is 5.96. The molecule has 2 amide bonds. The van der Waals surface area contributed by atoms with Crippen LogP contribution in [0, 0.1) is 0 Å². The molecule has 0 spiro atoms. The van der Waals surface area contributed by atoms with Crippen molar-refractivity contribution in [2.45, 2.75) is 38.6 Å². The lowest BCUT2D eigenvalue weighted by Gasteiger charge is -2.23. The fraction of sp³-hybridized carbons (Fsp3) is 0.778. The summed E-state index contributed by atoms with van der Waals surface area (Å²) < 4.78 is 4.93. The van der Waals surface area contributed by atoms with Gasteiger partial charge in [0.05, 0.1) is 6.54 Å². The quantitative estimate of drug-likeness (QED) is 0.570. The standard InChI is InChI=1S/C9H15NO5/c1-9(2,3)15-8(14)10-4-5(11)6(12)7(10)13/h5-6,11-12H,4H2,1-3H3/t5-,6+/m0/s1. The summed E-state index contributed by atoms with van der Waals surface area (Å²) in [5.41, 5.74) is -0.712. The molecule has 1 rings (SSSR count). The third-order valence-electron chi connectivity index (χ3n) is 1.87. The molecule has 0 radical (unpaired) electrons. The predicted molar refractivity (Wildman–Crippen MR) is 50.0 cm³/mol. The van der Waals surface area contributed by atoms with E-state index >= 15 is 0 Å². The summed E-state index contributed by atoms with van der Waals surface area (Å²) in [7, 11) is 0. The zero-order chi connectivity index (χ0) is 11.8. The Morgan fingerprint density at radius 2 is 2.00 bits per heavy atom. The molecule has 0 aromatic rings. The number of aliphatic hydroxyl groups excluding tert-OH is 2. The van der Waals surface area contributed by atoms with Gasteiger partial charge in [-0.2, -0.15) is 0 Å². The Morgan fingerprint density at radius 1 is 1.47 bits per heavy atom. The van der Waals surface area contributed by atoms with E-state index in [1.165, 1.54) is 0 Å². The first-order valence-electron chi connectivity index (χ1n) is 4.63. The van der Waals surface area contributed by atoms with Crippen molar-refractivity contribution < 1.29 is 24.5 Å². The summed E-state index contributed by atoms with van der Waals surface area (Å²) in [6, 6.07) is 0. The molecule has 6 nitrogen and oxygen atoms in total. The maximum Gasteiger partial charge on any atom is 0.417 e. The normalized spacial score (nSPS) is 27.0. The van der Waals surface area contributed by atoms with E-state index in [4.69, 9.17) is 14.9 Å². The molecular formula is C9H15NO5. The second-order valence-electron chi connectivity index (χ2n) is 4.44. The van der Waals surface area contributed by atoms with Gasteiger partial charge in [0, 0.05) is 0 Å². The van der Waals surface area contributed by atoms with Crippen LogP contribution in [0.4, 0.5) is 4.79 Å². The Labute approximate surface area is 87.4 Å². The average molecular weight is 217 g/mol. The second kappa shape index (κ2) is 3.79. The van der Waals surface area contributed by atoms with Gasteiger partial charge >= 0.3 is 6.09 Å². The lowest BCUT2D eigenvalue weighted by atomic mass is 10.2. The van der Waals surface area contributed by atoms with Crippen LogP contribution in [0.1, 0.15) is 20.8 Å². The van der Waals surface area contributed by atoms with E-state index in [0.29, 0.717) is 4.90 Å². The van der Waals surface area contributed by atoms with Gasteiger partial charge in [0.2, 0.25) is 0 Å².